The molecule has 0 spiro atoms. The van der Waals surface area contributed by atoms with Crippen molar-refractivity contribution in [2.45, 2.75) is 13.5 Å². The lowest BCUT2D eigenvalue weighted by atomic mass is 10.1. The molecular weight excluding hydrogens is 228 g/mol. The predicted octanol–water partition coefficient (Wildman–Crippen LogP) is 1.97. The second-order valence-corrected chi connectivity index (χ2v) is 4.31. The van der Waals surface area contributed by atoms with Gasteiger partial charge in [-0.3, -0.25) is 4.79 Å². The van der Waals surface area contributed by atoms with Gasteiger partial charge in [-0.15, -0.1) is 0 Å². The maximum absolute atomic E-state index is 11.9. The number of aromatic hydroxyl groups is 1. The van der Waals surface area contributed by atoms with Crippen molar-refractivity contribution in [2.24, 2.45) is 7.05 Å². The van der Waals surface area contributed by atoms with E-state index in [1.165, 1.54) is 6.07 Å². The fourth-order valence-electron chi connectivity index (χ4n) is 1.78. The van der Waals surface area contributed by atoms with Crippen molar-refractivity contribution in [1.82, 2.24) is 9.88 Å². The minimum atomic E-state index is -0.266. The van der Waals surface area contributed by atoms with E-state index < -0.39 is 0 Å². The number of hydrogen-bond donors (Lipinski definition) is 2. The highest BCUT2D eigenvalue weighted by Crippen LogP contribution is 2.18. The van der Waals surface area contributed by atoms with Crippen LogP contribution in [0.3, 0.4) is 0 Å². The Morgan fingerprint density at radius 3 is 2.83 bits per heavy atom. The van der Waals surface area contributed by atoms with Crippen molar-refractivity contribution < 1.29 is 9.90 Å². The molecule has 94 valence electrons. The Morgan fingerprint density at radius 1 is 1.39 bits per heavy atom. The normalized spacial score (nSPS) is 10.3. The first kappa shape index (κ1) is 12.2. The topological polar surface area (TPSA) is 54.3 Å². The molecule has 0 saturated heterocycles. The summed E-state index contributed by atoms with van der Waals surface area (Å²) >= 11 is 0. The number of nitrogens with zero attached hydrogens (tertiary/aromatic N) is 1. The lowest BCUT2D eigenvalue weighted by molar-refractivity contribution is 0.0947. The summed E-state index contributed by atoms with van der Waals surface area (Å²) in [5.74, 6) is -0.262. The zero-order valence-electron chi connectivity index (χ0n) is 10.5. The third kappa shape index (κ3) is 2.53. The zero-order valence-corrected chi connectivity index (χ0v) is 10.5. The van der Waals surface area contributed by atoms with Crippen LogP contribution >= 0.6 is 0 Å². The van der Waals surface area contributed by atoms with Gasteiger partial charge in [0.1, 0.15) is 5.75 Å². The summed E-state index contributed by atoms with van der Waals surface area (Å²) in [5, 5.41) is 12.4. The number of benzene rings is 1. The minimum Gasteiger partial charge on any atom is -0.507 e. The Kier molecular flexibility index (Phi) is 3.37. The van der Waals surface area contributed by atoms with Crippen LogP contribution < -0.4 is 5.32 Å². The first-order chi connectivity index (χ1) is 8.58. The van der Waals surface area contributed by atoms with Gasteiger partial charge >= 0.3 is 0 Å². The number of aromatic nitrogens is 1. The zero-order chi connectivity index (χ0) is 13.1. The number of carbonyl (C=O) groups is 1. The third-order valence-corrected chi connectivity index (χ3v) is 2.88. The van der Waals surface area contributed by atoms with Crippen LogP contribution in [-0.4, -0.2) is 15.6 Å². The van der Waals surface area contributed by atoms with E-state index in [0.29, 0.717) is 12.1 Å². The van der Waals surface area contributed by atoms with E-state index in [0.717, 1.165) is 11.3 Å². The van der Waals surface area contributed by atoms with Crippen LogP contribution in [0, 0.1) is 6.92 Å². The first-order valence-electron chi connectivity index (χ1n) is 5.76. The summed E-state index contributed by atoms with van der Waals surface area (Å²) in [5.41, 5.74) is 2.26. The number of nitrogens with one attached hydrogen (secondary N) is 1. The summed E-state index contributed by atoms with van der Waals surface area (Å²) in [7, 11) is 1.92. The van der Waals surface area contributed by atoms with Crippen molar-refractivity contribution >= 4 is 5.91 Å². The van der Waals surface area contributed by atoms with Crippen LogP contribution in [0.1, 0.15) is 21.6 Å². The van der Waals surface area contributed by atoms with Gasteiger partial charge in [0.25, 0.3) is 5.91 Å². The molecule has 0 radical (unpaired) electrons. The Labute approximate surface area is 106 Å². The molecule has 0 atom stereocenters. The van der Waals surface area contributed by atoms with Gasteiger partial charge in [-0.1, -0.05) is 11.6 Å². The molecule has 1 heterocycles. The van der Waals surface area contributed by atoms with Gasteiger partial charge in [-0.2, -0.15) is 0 Å². The maximum atomic E-state index is 11.9. The summed E-state index contributed by atoms with van der Waals surface area (Å²) in [6, 6.07) is 8.84. The van der Waals surface area contributed by atoms with Gasteiger partial charge in [0.05, 0.1) is 12.1 Å². The smallest absolute Gasteiger partial charge is 0.255 e. The van der Waals surface area contributed by atoms with Crippen molar-refractivity contribution in [1.29, 1.82) is 0 Å². The molecule has 4 heteroatoms. The van der Waals surface area contributed by atoms with Gasteiger partial charge in [0.15, 0.2) is 0 Å². The quantitative estimate of drug-likeness (QED) is 0.867. The second-order valence-electron chi connectivity index (χ2n) is 4.31. The molecule has 0 aliphatic rings. The van der Waals surface area contributed by atoms with Crippen LogP contribution in [-0.2, 0) is 13.6 Å². The van der Waals surface area contributed by atoms with E-state index in [-0.39, 0.29) is 11.7 Å². The van der Waals surface area contributed by atoms with Crippen LogP contribution in [0.5, 0.6) is 5.75 Å². The Balaban J connectivity index is 2.08. The highest BCUT2D eigenvalue weighted by Gasteiger charge is 2.11. The molecule has 0 bridgehead atoms. The number of aryl methyl sites for hydroxylation is 2. The van der Waals surface area contributed by atoms with E-state index in [1.807, 2.05) is 36.9 Å². The summed E-state index contributed by atoms with van der Waals surface area (Å²) in [4.78, 5) is 11.9. The van der Waals surface area contributed by atoms with Crippen LogP contribution in [0.2, 0.25) is 0 Å². The molecule has 0 unspecified atom stereocenters. The largest absolute Gasteiger partial charge is 0.507 e. The number of phenolic OH excluding ortho intramolecular Hbond substituents is 1. The second kappa shape index (κ2) is 4.96. The molecule has 4 nitrogen and oxygen atoms in total. The molecule has 2 rings (SSSR count). The molecular formula is C14H16N2O2. The van der Waals surface area contributed by atoms with Crippen molar-refractivity contribution in [3.63, 3.8) is 0 Å². The Bertz CT molecular complexity index is 573. The van der Waals surface area contributed by atoms with Gasteiger partial charge in [0.2, 0.25) is 0 Å². The van der Waals surface area contributed by atoms with Gasteiger partial charge in [0, 0.05) is 18.9 Å². The SMILES string of the molecule is Cc1ccc(O)c(C(=O)NCc2cccn2C)c1. The molecule has 18 heavy (non-hydrogen) atoms. The molecule has 2 N–H and O–H groups in total. The predicted molar refractivity (Wildman–Crippen MR) is 69.4 cm³/mol. The lowest BCUT2D eigenvalue weighted by Crippen LogP contribution is -2.24. The average Bonchev–Trinajstić information content (AvgIpc) is 2.75. The molecule has 1 aromatic carbocycles. The molecule has 0 aliphatic carbocycles. The minimum absolute atomic E-state index is 0.00461. The fourth-order valence-corrected chi connectivity index (χ4v) is 1.78. The molecule has 1 aromatic heterocycles. The lowest BCUT2D eigenvalue weighted by Gasteiger charge is -2.08. The Hall–Kier alpha value is -2.23. The molecule has 0 aliphatic heterocycles. The number of amides is 1. The third-order valence-electron chi connectivity index (χ3n) is 2.88. The summed E-state index contributed by atoms with van der Waals surface area (Å²) < 4.78 is 1.94. The van der Waals surface area contributed by atoms with Gasteiger partial charge in [-0.05, 0) is 31.2 Å². The molecule has 0 saturated carbocycles. The number of rotatable bonds is 3. The van der Waals surface area contributed by atoms with E-state index in [9.17, 15) is 9.90 Å². The van der Waals surface area contributed by atoms with Crippen molar-refractivity contribution in [3.05, 3.63) is 53.3 Å². The number of phenols is 1. The highest BCUT2D eigenvalue weighted by atomic mass is 16.3. The number of hydrogen-bond acceptors (Lipinski definition) is 2. The first-order valence-corrected chi connectivity index (χ1v) is 5.76. The monoisotopic (exact) mass is 244 g/mol. The van der Waals surface area contributed by atoms with E-state index in [1.54, 1.807) is 12.1 Å². The molecule has 1 amide bonds. The Morgan fingerprint density at radius 2 is 2.17 bits per heavy atom. The standard InChI is InChI=1S/C14H16N2O2/c1-10-5-6-13(17)12(8-10)14(18)15-9-11-4-3-7-16(11)2/h3-8,17H,9H2,1-2H3,(H,15,18). The van der Waals surface area contributed by atoms with E-state index in [2.05, 4.69) is 5.32 Å². The molecule has 2 aromatic rings. The van der Waals surface area contributed by atoms with E-state index in [4.69, 9.17) is 0 Å². The van der Waals surface area contributed by atoms with Crippen LogP contribution in [0.4, 0.5) is 0 Å². The van der Waals surface area contributed by atoms with Gasteiger partial charge < -0.3 is 15.0 Å². The maximum Gasteiger partial charge on any atom is 0.255 e. The van der Waals surface area contributed by atoms with Crippen LogP contribution in [0.25, 0.3) is 0 Å². The van der Waals surface area contributed by atoms with Crippen LogP contribution in [0.15, 0.2) is 36.5 Å². The molecule has 0 fully saturated rings. The average molecular weight is 244 g/mol. The van der Waals surface area contributed by atoms with Gasteiger partial charge in [-0.25, -0.2) is 0 Å². The number of carbonyl (C=O) groups excluding carboxylic acids is 1. The highest BCUT2D eigenvalue weighted by molar-refractivity contribution is 5.96. The van der Waals surface area contributed by atoms with Crippen molar-refractivity contribution in [3.8, 4) is 5.75 Å². The summed E-state index contributed by atoms with van der Waals surface area (Å²) in [6.45, 7) is 2.32. The fraction of sp³-hybridized carbons (Fsp3) is 0.214. The van der Waals surface area contributed by atoms with Crippen molar-refractivity contribution in [2.75, 3.05) is 0 Å². The summed E-state index contributed by atoms with van der Waals surface area (Å²) in [6.07, 6.45) is 1.92. The van der Waals surface area contributed by atoms with E-state index >= 15 is 0 Å².